The van der Waals surface area contributed by atoms with Crippen LogP contribution in [0.3, 0.4) is 0 Å². The van der Waals surface area contributed by atoms with E-state index in [0.29, 0.717) is 11.6 Å². The Bertz CT molecular complexity index is 798. The molecule has 5 nitrogen and oxygen atoms in total. The van der Waals surface area contributed by atoms with E-state index in [1.54, 1.807) is 6.20 Å². The number of anilines is 2. The minimum absolute atomic E-state index is 0.00573. The van der Waals surface area contributed by atoms with E-state index in [4.69, 9.17) is 11.6 Å². The number of benzene rings is 1. The van der Waals surface area contributed by atoms with Crippen LogP contribution in [0.4, 0.5) is 11.4 Å². The van der Waals surface area contributed by atoms with Gasteiger partial charge in [0.15, 0.2) is 0 Å². The largest absolute Gasteiger partial charge is 0.368 e. The standard InChI is InChI=1S/C21H25ClN4O/c22-17-4-3-7-19(13-17)25-8-10-26(11-9-25)20-12-16(14-23-15-20)21(27)24-18-5-1-2-6-18/h3-4,7,12-15,18H,1-2,5-6,8-11H2,(H,24,27). The average Bonchev–Trinajstić information content (AvgIpc) is 3.21. The van der Waals surface area contributed by atoms with Crippen LogP contribution in [-0.4, -0.2) is 43.1 Å². The van der Waals surface area contributed by atoms with Gasteiger partial charge in [-0.25, -0.2) is 0 Å². The fourth-order valence-electron chi connectivity index (χ4n) is 3.96. The molecule has 0 radical (unpaired) electrons. The summed E-state index contributed by atoms with van der Waals surface area (Å²) in [5.74, 6) is -0.00573. The van der Waals surface area contributed by atoms with E-state index in [0.717, 1.165) is 55.4 Å². The van der Waals surface area contributed by atoms with Crippen molar-refractivity contribution in [1.29, 1.82) is 0 Å². The number of carbonyl (C=O) groups is 1. The van der Waals surface area contributed by atoms with E-state index in [2.05, 4.69) is 26.2 Å². The molecule has 2 aromatic rings. The van der Waals surface area contributed by atoms with Gasteiger partial charge in [0.25, 0.3) is 5.91 Å². The summed E-state index contributed by atoms with van der Waals surface area (Å²) in [7, 11) is 0. The molecule has 0 spiro atoms. The normalized spacial score (nSPS) is 18.0. The zero-order chi connectivity index (χ0) is 18.6. The van der Waals surface area contributed by atoms with E-state index in [1.165, 1.54) is 12.8 Å². The van der Waals surface area contributed by atoms with E-state index >= 15 is 0 Å². The molecule has 4 rings (SSSR count). The number of rotatable bonds is 4. The fourth-order valence-corrected chi connectivity index (χ4v) is 4.14. The van der Waals surface area contributed by atoms with Crippen molar-refractivity contribution in [2.45, 2.75) is 31.7 Å². The Morgan fingerprint density at radius 1 is 1.00 bits per heavy atom. The smallest absolute Gasteiger partial charge is 0.253 e. The number of nitrogens with one attached hydrogen (secondary N) is 1. The highest BCUT2D eigenvalue weighted by Gasteiger charge is 2.21. The summed E-state index contributed by atoms with van der Waals surface area (Å²) in [4.78, 5) is 21.5. The van der Waals surface area contributed by atoms with Crippen LogP contribution in [0.25, 0.3) is 0 Å². The van der Waals surface area contributed by atoms with Crippen LogP contribution in [0.5, 0.6) is 0 Å². The molecule has 0 atom stereocenters. The average molecular weight is 385 g/mol. The van der Waals surface area contributed by atoms with E-state index in [-0.39, 0.29) is 5.91 Å². The molecule has 0 bridgehead atoms. The molecular weight excluding hydrogens is 360 g/mol. The third-order valence-corrected chi connectivity index (χ3v) is 5.73. The lowest BCUT2D eigenvalue weighted by Gasteiger charge is -2.37. The van der Waals surface area contributed by atoms with Gasteiger partial charge in [0, 0.05) is 49.1 Å². The molecule has 1 aromatic heterocycles. The summed E-state index contributed by atoms with van der Waals surface area (Å²) in [6.07, 6.45) is 8.10. The summed E-state index contributed by atoms with van der Waals surface area (Å²) >= 11 is 6.11. The molecule has 27 heavy (non-hydrogen) atoms. The highest BCUT2D eigenvalue weighted by Crippen LogP contribution is 2.23. The van der Waals surface area contributed by atoms with Crippen LogP contribution < -0.4 is 15.1 Å². The molecule has 1 saturated heterocycles. The van der Waals surface area contributed by atoms with Crippen molar-refractivity contribution in [3.05, 3.63) is 53.3 Å². The maximum Gasteiger partial charge on any atom is 0.253 e. The van der Waals surface area contributed by atoms with Crippen molar-refractivity contribution >= 4 is 28.9 Å². The Morgan fingerprint density at radius 2 is 1.70 bits per heavy atom. The summed E-state index contributed by atoms with van der Waals surface area (Å²) < 4.78 is 0. The van der Waals surface area contributed by atoms with Crippen LogP contribution >= 0.6 is 11.6 Å². The summed E-state index contributed by atoms with van der Waals surface area (Å²) in [6, 6.07) is 10.3. The molecule has 2 aliphatic rings. The quantitative estimate of drug-likeness (QED) is 0.872. The molecule has 1 aliphatic carbocycles. The lowest BCUT2D eigenvalue weighted by Crippen LogP contribution is -2.46. The second-order valence-corrected chi connectivity index (χ2v) is 7.78. The molecule has 1 aromatic carbocycles. The van der Waals surface area contributed by atoms with Crippen molar-refractivity contribution < 1.29 is 4.79 Å². The maximum atomic E-state index is 12.5. The molecule has 1 amide bonds. The van der Waals surface area contributed by atoms with Crippen molar-refractivity contribution in [3.8, 4) is 0 Å². The van der Waals surface area contributed by atoms with Crippen molar-refractivity contribution in [2.24, 2.45) is 0 Å². The maximum absolute atomic E-state index is 12.5. The van der Waals surface area contributed by atoms with Gasteiger partial charge in [-0.1, -0.05) is 30.5 Å². The molecule has 1 aliphatic heterocycles. The van der Waals surface area contributed by atoms with Crippen LogP contribution in [0, 0.1) is 0 Å². The summed E-state index contributed by atoms with van der Waals surface area (Å²) in [5, 5.41) is 3.90. The number of halogens is 1. The molecule has 2 heterocycles. The Kier molecular flexibility index (Phi) is 5.48. The van der Waals surface area contributed by atoms with E-state index < -0.39 is 0 Å². The lowest BCUT2D eigenvalue weighted by molar-refractivity contribution is 0.0937. The molecule has 6 heteroatoms. The van der Waals surface area contributed by atoms with E-state index in [1.807, 2.05) is 30.5 Å². The Hall–Kier alpha value is -2.27. The van der Waals surface area contributed by atoms with Gasteiger partial charge in [0.05, 0.1) is 17.4 Å². The van der Waals surface area contributed by atoms with Gasteiger partial charge in [-0.05, 0) is 37.1 Å². The minimum atomic E-state index is -0.00573. The first-order valence-electron chi connectivity index (χ1n) is 9.70. The predicted octanol–water partition coefficient (Wildman–Crippen LogP) is 3.73. The van der Waals surface area contributed by atoms with E-state index in [9.17, 15) is 4.79 Å². The molecule has 1 saturated carbocycles. The summed E-state index contributed by atoms with van der Waals surface area (Å²) in [5.41, 5.74) is 2.82. The zero-order valence-electron chi connectivity index (χ0n) is 15.4. The number of aromatic nitrogens is 1. The van der Waals surface area contributed by atoms with Gasteiger partial charge < -0.3 is 15.1 Å². The van der Waals surface area contributed by atoms with Gasteiger partial charge in [-0.2, -0.15) is 0 Å². The van der Waals surface area contributed by atoms with Gasteiger partial charge in [-0.3, -0.25) is 9.78 Å². The number of amides is 1. The Morgan fingerprint density at radius 3 is 2.41 bits per heavy atom. The van der Waals surface area contributed by atoms with Crippen LogP contribution in [0.2, 0.25) is 5.02 Å². The molecule has 2 fully saturated rings. The van der Waals surface area contributed by atoms with Crippen LogP contribution in [0.1, 0.15) is 36.0 Å². The monoisotopic (exact) mass is 384 g/mol. The predicted molar refractivity (Wildman–Crippen MR) is 110 cm³/mol. The topological polar surface area (TPSA) is 48.5 Å². The first kappa shape index (κ1) is 18.1. The van der Waals surface area contributed by atoms with Crippen LogP contribution in [0.15, 0.2) is 42.7 Å². The number of nitrogens with zero attached hydrogens (tertiary/aromatic N) is 3. The Balaban J connectivity index is 1.39. The molecule has 1 N–H and O–H groups in total. The zero-order valence-corrected chi connectivity index (χ0v) is 16.2. The number of carbonyl (C=O) groups excluding carboxylic acids is 1. The molecular formula is C21H25ClN4O. The number of pyridine rings is 1. The van der Waals surface area contributed by atoms with Crippen LogP contribution in [-0.2, 0) is 0 Å². The third kappa shape index (κ3) is 4.35. The lowest BCUT2D eigenvalue weighted by atomic mass is 10.2. The van der Waals surface area contributed by atoms with Gasteiger partial charge in [-0.15, -0.1) is 0 Å². The SMILES string of the molecule is O=C(NC1CCCC1)c1cncc(N2CCN(c3cccc(Cl)c3)CC2)c1. The van der Waals surface area contributed by atoms with Crippen molar-refractivity contribution in [1.82, 2.24) is 10.3 Å². The second-order valence-electron chi connectivity index (χ2n) is 7.34. The Labute approximate surface area is 165 Å². The second kappa shape index (κ2) is 8.17. The molecule has 0 unspecified atom stereocenters. The highest BCUT2D eigenvalue weighted by molar-refractivity contribution is 6.30. The number of hydrogen-bond donors (Lipinski definition) is 1. The van der Waals surface area contributed by atoms with Gasteiger partial charge in [0.1, 0.15) is 0 Å². The molecule has 142 valence electrons. The van der Waals surface area contributed by atoms with Crippen molar-refractivity contribution in [3.63, 3.8) is 0 Å². The number of piperazine rings is 1. The third-order valence-electron chi connectivity index (χ3n) is 5.49. The highest BCUT2D eigenvalue weighted by atomic mass is 35.5. The first-order valence-corrected chi connectivity index (χ1v) is 10.1. The van der Waals surface area contributed by atoms with Gasteiger partial charge >= 0.3 is 0 Å². The number of hydrogen-bond acceptors (Lipinski definition) is 4. The fraction of sp³-hybridized carbons (Fsp3) is 0.429. The van der Waals surface area contributed by atoms with Gasteiger partial charge in [0.2, 0.25) is 0 Å². The van der Waals surface area contributed by atoms with Crippen molar-refractivity contribution in [2.75, 3.05) is 36.0 Å². The minimum Gasteiger partial charge on any atom is -0.368 e. The first-order chi connectivity index (χ1) is 13.2. The summed E-state index contributed by atoms with van der Waals surface area (Å²) in [6.45, 7) is 3.61.